The molecule has 0 radical (unpaired) electrons. The van der Waals surface area contributed by atoms with Crippen molar-refractivity contribution in [2.75, 3.05) is 18.1 Å². The predicted molar refractivity (Wildman–Crippen MR) is 64.8 cm³/mol. The monoisotopic (exact) mass is 208 g/mol. The van der Waals surface area contributed by atoms with E-state index in [0.29, 0.717) is 23.4 Å². The minimum Gasteiger partial charge on any atom is -0.493 e. The lowest BCUT2D eigenvalue weighted by molar-refractivity contribution is 0.243. The van der Waals surface area contributed by atoms with Gasteiger partial charge in [0.1, 0.15) is 5.75 Å². The smallest absolute Gasteiger partial charge is 0.121 e. The molecule has 0 amide bonds. The summed E-state index contributed by atoms with van der Waals surface area (Å²) < 4.78 is 5.58. The zero-order chi connectivity index (χ0) is 11.5. The summed E-state index contributed by atoms with van der Waals surface area (Å²) in [5.74, 6) is 0.783. The van der Waals surface area contributed by atoms with Gasteiger partial charge in [-0.1, -0.05) is 20.8 Å². The maximum absolute atomic E-state index is 5.67. The molecule has 0 atom stereocenters. The van der Waals surface area contributed by atoms with E-state index < -0.39 is 0 Å². The molecule has 1 aromatic carbocycles. The van der Waals surface area contributed by atoms with Gasteiger partial charge in [0.25, 0.3) is 0 Å². The summed E-state index contributed by atoms with van der Waals surface area (Å²) in [6.07, 6.45) is 1.01. The number of hydrogen-bond acceptors (Lipinski definition) is 3. The van der Waals surface area contributed by atoms with Gasteiger partial charge in [0.05, 0.1) is 18.0 Å². The third kappa shape index (κ3) is 4.11. The van der Waals surface area contributed by atoms with Crippen LogP contribution >= 0.6 is 0 Å². The molecule has 0 fully saturated rings. The molecule has 1 aromatic rings. The topological polar surface area (TPSA) is 61.3 Å². The van der Waals surface area contributed by atoms with Gasteiger partial charge in [-0.15, -0.1) is 0 Å². The zero-order valence-corrected chi connectivity index (χ0v) is 9.71. The van der Waals surface area contributed by atoms with Crippen LogP contribution in [0.25, 0.3) is 0 Å². The Hall–Kier alpha value is -1.38. The molecule has 0 heterocycles. The Labute approximate surface area is 91.4 Å². The molecule has 1 rings (SSSR count). The van der Waals surface area contributed by atoms with E-state index in [9.17, 15) is 0 Å². The molecular formula is C12H20N2O. The first kappa shape index (κ1) is 11.7. The normalized spacial score (nSPS) is 11.4. The molecule has 0 unspecified atom stereocenters. The van der Waals surface area contributed by atoms with Crippen molar-refractivity contribution in [3.8, 4) is 5.75 Å². The van der Waals surface area contributed by atoms with Gasteiger partial charge in [-0.3, -0.25) is 0 Å². The number of rotatable bonds is 3. The highest BCUT2D eigenvalue weighted by atomic mass is 16.5. The van der Waals surface area contributed by atoms with Crippen molar-refractivity contribution in [1.29, 1.82) is 0 Å². The van der Waals surface area contributed by atoms with Crippen LogP contribution in [0.2, 0.25) is 0 Å². The number of anilines is 2. The highest BCUT2D eigenvalue weighted by Crippen LogP contribution is 2.23. The summed E-state index contributed by atoms with van der Waals surface area (Å²) in [5, 5.41) is 0. The van der Waals surface area contributed by atoms with Crippen molar-refractivity contribution in [1.82, 2.24) is 0 Å². The molecule has 0 saturated heterocycles. The van der Waals surface area contributed by atoms with Gasteiger partial charge in [-0.25, -0.2) is 0 Å². The zero-order valence-electron chi connectivity index (χ0n) is 9.71. The van der Waals surface area contributed by atoms with Crippen LogP contribution in [0.5, 0.6) is 5.75 Å². The first-order valence-corrected chi connectivity index (χ1v) is 5.16. The lowest BCUT2D eigenvalue weighted by atomic mass is 9.93. The molecule has 0 aromatic heterocycles. The minimum absolute atomic E-state index is 0.291. The molecule has 0 saturated carbocycles. The van der Waals surface area contributed by atoms with E-state index in [0.717, 1.165) is 12.2 Å². The average Bonchev–Trinajstić information content (AvgIpc) is 2.09. The lowest BCUT2D eigenvalue weighted by Crippen LogP contribution is -2.11. The second kappa shape index (κ2) is 4.43. The lowest BCUT2D eigenvalue weighted by Gasteiger charge is -2.18. The molecule has 0 bridgehead atoms. The molecule has 0 aliphatic rings. The van der Waals surface area contributed by atoms with Gasteiger partial charge in [-0.05, 0) is 24.0 Å². The Balaban J connectivity index is 2.48. The standard InChI is InChI=1S/C12H20N2O/c1-12(2,3)6-7-15-9-4-5-10(13)11(14)8-9/h4-5,8H,6-7,13-14H2,1-3H3. The Kier molecular flexibility index (Phi) is 3.45. The molecule has 4 N–H and O–H groups in total. The predicted octanol–water partition coefficient (Wildman–Crippen LogP) is 2.67. The van der Waals surface area contributed by atoms with Crippen LogP contribution in [-0.4, -0.2) is 6.61 Å². The Bertz CT molecular complexity index is 329. The number of hydrogen-bond donors (Lipinski definition) is 2. The van der Waals surface area contributed by atoms with Crippen LogP contribution in [0, 0.1) is 5.41 Å². The van der Waals surface area contributed by atoms with Crippen molar-refractivity contribution in [2.24, 2.45) is 5.41 Å². The van der Waals surface area contributed by atoms with Crippen LogP contribution in [0.1, 0.15) is 27.2 Å². The van der Waals surface area contributed by atoms with Crippen LogP contribution in [-0.2, 0) is 0 Å². The van der Waals surface area contributed by atoms with E-state index in [-0.39, 0.29) is 0 Å². The Morgan fingerprint density at radius 1 is 1.13 bits per heavy atom. The van der Waals surface area contributed by atoms with Crippen molar-refractivity contribution >= 4 is 11.4 Å². The summed E-state index contributed by atoms with van der Waals surface area (Å²) in [6.45, 7) is 7.27. The molecule has 15 heavy (non-hydrogen) atoms. The van der Waals surface area contributed by atoms with E-state index in [1.807, 2.05) is 6.07 Å². The SMILES string of the molecule is CC(C)(C)CCOc1ccc(N)c(N)c1. The summed E-state index contributed by atoms with van der Waals surface area (Å²) in [7, 11) is 0. The maximum Gasteiger partial charge on any atom is 0.121 e. The third-order valence-electron chi connectivity index (χ3n) is 2.18. The van der Waals surface area contributed by atoms with E-state index in [1.165, 1.54) is 0 Å². The molecule has 84 valence electrons. The van der Waals surface area contributed by atoms with Crippen molar-refractivity contribution in [3.63, 3.8) is 0 Å². The Morgan fingerprint density at radius 3 is 2.33 bits per heavy atom. The summed E-state index contributed by atoms with van der Waals surface area (Å²) in [4.78, 5) is 0. The molecule has 0 aliphatic carbocycles. The highest BCUT2D eigenvalue weighted by Gasteiger charge is 2.09. The third-order valence-corrected chi connectivity index (χ3v) is 2.18. The van der Waals surface area contributed by atoms with E-state index >= 15 is 0 Å². The van der Waals surface area contributed by atoms with Gasteiger partial charge in [0.2, 0.25) is 0 Å². The number of nitrogens with two attached hydrogens (primary N) is 2. The molecular weight excluding hydrogens is 188 g/mol. The average molecular weight is 208 g/mol. The largest absolute Gasteiger partial charge is 0.493 e. The van der Waals surface area contributed by atoms with Crippen LogP contribution in [0.3, 0.4) is 0 Å². The van der Waals surface area contributed by atoms with Crippen LogP contribution < -0.4 is 16.2 Å². The van der Waals surface area contributed by atoms with Crippen molar-refractivity contribution in [3.05, 3.63) is 18.2 Å². The molecule has 3 nitrogen and oxygen atoms in total. The van der Waals surface area contributed by atoms with E-state index in [4.69, 9.17) is 16.2 Å². The summed E-state index contributed by atoms with van der Waals surface area (Å²) in [5.41, 5.74) is 12.7. The fourth-order valence-electron chi connectivity index (χ4n) is 1.12. The van der Waals surface area contributed by atoms with Gasteiger partial charge in [-0.2, -0.15) is 0 Å². The second-order valence-corrected chi connectivity index (χ2v) is 4.95. The van der Waals surface area contributed by atoms with E-state index in [2.05, 4.69) is 20.8 Å². The van der Waals surface area contributed by atoms with Gasteiger partial charge in [0.15, 0.2) is 0 Å². The number of benzene rings is 1. The first-order chi connectivity index (χ1) is 6.88. The Morgan fingerprint density at radius 2 is 1.80 bits per heavy atom. The van der Waals surface area contributed by atoms with Crippen molar-refractivity contribution < 1.29 is 4.74 Å². The van der Waals surface area contributed by atoms with Gasteiger partial charge >= 0.3 is 0 Å². The maximum atomic E-state index is 5.67. The minimum atomic E-state index is 0.291. The fraction of sp³-hybridized carbons (Fsp3) is 0.500. The van der Waals surface area contributed by atoms with Crippen LogP contribution in [0.4, 0.5) is 11.4 Å². The highest BCUT2D eigenvalue weighted by molar-refractivity contribution is 5.65. The van der Waals surface area contributed by atoms with E-state index in [1.54, 1.807) is 12.1 Å². The van der Waals surface area contributed by atoms with Gasteiger partial charge in [0, 0.05) is 6.07 Å². The first-order valence-electron chi connectivity index (χ1n) is 5.16. The van der Waals surface area contributed by atoms with Gasteiger partial charge < -0.3 is 16.2 Å². The molecule has 0 spiro atoms. The number of nitrogen functional groups attached to an aromatic ring is 2. The molecule has 3 heteroatoms. The van der Waals surface area contributed by atoms with Crippen LogP contribution in [0.15, 0.2) is 18.2 Å². The molecule has 0 aliphatic heterocycles. The number of ether oxygens (including phenoxy) is 1. The summed E-state index contributed by atoms with van der Waals surface area (Å²) >= 11 is 0. The quantitative estimate of drug-likeness (QED) is 0.751. The fourth-order valence-corrected chi connectivity index (χ4v) is 1.12. The van der Waals surface area contributed by atoms with Crippen molar-refractivity contribution in [2.45, 2.75) is 27.2 Å². The summed E-state index contributed by atoms with van der Waals surface area (Å²) in [6, 6.07) is 5.37. The second-order valence-electron chi connectivity index (χ2n) is 4.95.